The van der Waals surface area contributed by atoms with Crippen molar-refractivity contribution < 1.29 is 27.8 Å². The molecule has 0 radical (unpaired) electrons. The van der Waals surface area contributed by atoms with Crippen molar-refractivity contribution in [1.29, 1.82) is 0 Å². The highest BCUT2D eigenvalue weighted by atomic mass is 19.3. The lowest BCUT2D eigenvalue weighted by atomic mass is 10.00. The Labute approximate surface area is 115 Å². The number of nitrogens with two attached hydrogens (primary N) is 1. The highest BCUT2D eigenvalue weighted by Crippen LogP contribution is 2.39. The summed E-state index contributed by atoms with van der Waals surface area (Å²) >= 11 is 0. The molecular formula is C13H17F2NO4. The van der Waals surface area contributed by atoms with Crippen LogP contribution in [-0.4, -0.2) is 32.7 Å². The number of methoxy groups -OCH3 is 2. The van der Waals surface area contributed by atoms with Gasteiger partial charge in [-0.2, -0.15) is 8.78 Å². The lowest BCUT2D eigenvalue weighted by Gasteiger charge is -2.24. The van der Waals surface area contributed by atoms with Gasteiger partial charge in [0.2, 0.25) is 0 Å². The molecule has 2 N–H and O–H groups in total. The van der Waals surface area contributed by atoms with Crippen molar-refractivity contribution in [3.8, 4) is 11.5 Å². The summed E-state index contributed by atoms with van der Waals surface area (Å²) in [5.41, 5.74) is 5.48. The Bertz CT molecular complexity index is 479. The summed E-state index contributed by atoms with van der Waals surface area (Å²) in [5.74, 6) is -5.22. The maximum Gasteiger partial charge on any atom is 0.379 e. The number of ether oxygens (including phenoxy) is 3. The molecule has 1 rings (SSSR count). The number of carbonyl (C=O) groups excluding carboxylic acids is 1. The summed E-state index contributed by atoms with van der Waals surface area (Å²) < 4.78 is 42.3. The Kier molecular flexibility index (Phi) is 5.26. The number of rotatable bonds is 6. The molecule has 5 nitrogen and oxygen atoms in total. The van der Waals surface area contributed by atoms with Gasteiger partial charge in [-0.1, -0.05) is 12.1 Å². The van der Waals surface area contributed by atoms with Crippen LogP contribution in [0.4, 0.5) is 8.78 Å². The van der Waals surface area contributed by atoms with Gasteiger partial charge in [-0.3, -0.25) is 0 Å². The van der Waals surface area contributed by atoms with Crippen LogP contribution < -0.4 is 15.2 Å². The molecule has 7 heteroatoms. The van der Waals surface area contributed by atoms with E-state index in [1.165, 1.54) is 39.3 Å². The largest absolute Gasteiger partial charge is 0.493 e. The van der Waals surface area contributed by atoms with Gasteiger partial charge in [0.25, 0.3) is 0 Å². The fourth-order valence-electron chi connectivity index (χ4n) is 1.71. The van der Waals surface area contributed by atoms with Crippen LogP contribution in [0.5, 0.6) is 11.5 Å². The summed E-state index contributed by atoms with van der Waals surface area (Å²) in [5, 5.41) is 0. The summed E-state index contributed by atoms with van der Waals surface area (Å²) in [6.07, 6.45) is 0. The maximum atomic E-state index is 13.9. The van der Waals surface area contributed by atoms with Crippen molar-refractivity contribution in [2.45, 2.75) is 18.9 Å². The Morgan fingerprint density at radius 2 is 2.00 bits per heavy atom. The molecule has 0 spiro atoms. The molecule has 0 saturated heterocycles. The van der Waals surface area contributed by atoms with E-state index in [0.29, 0.717) is 0 Å². The smallest absolute Gasteiger partial charge is 0.379 e. The minimum Gasteiger partial charge on any atom is -0.493 e. The zero-order valence-electron chi connectivity index (χ0n) is 11.5. The van der Waals surface area contributed by atoms with Crippen LogP contribution in [0.1, 0.15) is 18.5 Å². The lowest BCUT2D eigenvalue weighted by Crippen LogP contribution is -2.41. The molecule has 1 aromatic carbocycles. The Morgan fingerprint density at radius 1 is 1.35 bits per heavy atom. The minimum atomic E-state index is -3.87. The van der Waals surface area contributed by atoms with Gasteiger partial charge in [0, 0.05) is 5.56 Å². The first kappa shape index (κ1) is 16.2. The van der Waals surface area contributed by atoms with Gasteiger partial charge < -0.3 is 19.9 Å². The van der Waals surface area contributed by atoms with E-state index in [-0.39, 0.29) is 23.7 Å². The molecule has 0 fully saturated rings. The number of hydrogen-bond donors (Lipinski definition) is 1. The topological polar surface area (TPSA) is 70.8 Å². The molecule has 0 aliphatic carbocycles. The first-order valence-electron chi connectivity index (χ1n) is 5.91. The molecule has 0 bridgehead atoms. The van der Waals surface area contributed by atoms with E-state index in [2.05, 4.69) is 4.74 Å². The zero-order valence-corrected chi connectivity index (χ0v) is 11.5. The van der Waals surface area contributed by atoms with Gasteiger partial charge in [-0.15, -0.1) is 0 Å². The lowest BCUT2D eigenvalue weighted by molar-refractivity contribution is -0.174. The van der Waals surface area contributed by atoms with Gasteiger partial charge in [0.15, 0.2) is 11.5 Å². The van der Waals surface area contributed by atoms with Crippen molar-refractivity contribution >= 4 is 5.97 Å². The summed E-state index contributed by atoms with van der Waals surface area (Å²) in [4.78, 5) is 11.3. The molecule has 0 amide bonds. The number of carbonyl (C=O) groups is 1. The fourth-order valence-corrected chi connectivity index (χ4v) is 1.71. The number of alkyl halides is 2. The second-order valence-corrected chi connectivity index (χ2v) is 3.90. The average molecular weight is 289 g/mol. The Morgan fingerprint density at radius 3 is 2.50 bits per heavy atom. The SMILES string of the molecule is CCOC(=O)C(F)(F)[C@@H](N)c1cccc(OC)c1OC. The Hall–Kier alpha value is -1.89. The van der Waals surface area contributed by atoms with E-state index in [1.807, 2.05) is 0 Å². The minimum absolute atomic E-state index is 0.0371. The summed E-state index contributed by atoms with van der Waals surface area (Å²) in [6, 6.07) is 2.47. The molecule has 20 heavy (non-hydrogen) atoms. The Balaban J connectivity index is 3.20. The third kappa shape index (κ3) is 2.98. The third-order valence-electron chi connectivity index (χ3n) is 2.71. The molecule has 1 atom stereocenters. The van der Waals surface area contributed by atoms with Crippen molar-refractivity contribution in [1.82, 2.24) is 0 Å². The normalized spacial score (nSPS) is 12.7. The highest BCUT2D eigenvalue weighted by Gasteiger charge is 2.49. The average Bonchev–Trinajstić information content (AvgIpc) is 2.45. The van der Waals surface area contributed by atoms with E-state index < -0.39 is 17.9 Å². The molecule has 0 saturated carbocycles. The van der Waals surface area contributed by atoms with Crippen molar-refractivity contribution in [2.24, 2.45) is 5.73 Å². The second kappa shape index (κ2) is 6.51. The first-order chi connectivity index (χ1) is 9.39. The van der Waals surface area contributed by atoms with E-state index in [9.17, 15) is 13.6 Å². The van der Waals surface area contributed by atoms with Crippen molar-refractivity contribution in [3.05, 3.63) is 23.8 Å². The van der Waals surface area contributed by atoms with Crippen LogP contribution in [0.2, 0.25) is 0 Å². The van der Waals surface area contributed by atoms with Gasteiger partial charge in [-0.25, -0.2) is 4.79 Å². The van der Waals surface area contributed by atoms with Crippen LogP contribution in [0, 0.1) is 0 Å². The van der Waals surface area contributed by atoms with Gasteiger partial charge in [-0.05, 0) is 13.0 Å². The number of halogens is 2. The number of para-hydroxylation sites is 1. The van der Waals surface area contributed by atoms with Crippen LogP contribution in [0.3, 0.4) is 0 Å². The molecule has 1 aromatic rings. The monoisotopic (exact) mass is 289 g/mol. The van der Waals surface area contributed by atoms with E-state index >= 15 is 0 Å². The molecule has 0 heterocycles. The molecule has 112 valence electrons. The van der Waals surface area contributed by atoms with Crippen LogP contribution >= 0.6 is 0 Å². The van der Waals surface area contributed by atoms with E-state index in [4.69, 9.17) is 15.2 Å². The highest BCUT2D eigenvalue weighted by molar-refractivity contribution is 5.79. The fraction of sp³-hybridized carbons (Fsp3) is 0.462. The molecule has 0 unspecified atom stereocenters. The van der Waals surface area contributed by atoms with Crippen molar-refractivity contribution in [3.63, 3.8) is 0 Å². The molecule has 0 aliphatic heterocycles. The maximum absolute atomic E-state index is 13.9. The van der Waals surface area contributed by atoms with Crippen molar-refractivity contribution in [2.75, 3.05) is 20.8 Å². The molecular weight excluding hydrogens is 272 g/mol. The summed E-state index contributed by atoms with van der Waals surface area (Å²) in [6.45, 7) is 1.28. The standard InChI is InChI=1S/C13H17F2NO4/c1-4-20-12(17)13(14,15)11(16)8-6-5-7-9(18-2)10(8)19-3/h5-7,11H,4,16H2,1-3H3/t11-/m0/s1. The second-order valence-electron chi connectivity index (χ2n) is 3.90. The zero-order chi connectivity index (χ0) is 15.3. The predicted molar refractivity (Wildman–Crippen MR) is 68.1 cm³/mol. The predicted octanol–water partition coefficient (Wildman–Crippen LogP) is 1.90. The number of benzene rings is 1. The van der Waals surface area contributed by atoms with Crippen LogP contribution in [0.15, 0.2) is 18.2 Å². The van der Waals surface area contributed by atoms with Gasteiger partial charge in [0.1, 0.15) is 6.04 Å². The van der Waals surface area contributed by atoms with E-state index in [0.717, 1.165) is 0 Å². The quantitative estimate of drug-likeness (QED) is 0.810. The first-order valence-corrected chi connectivity index (χ1v) is 5.91. The van der Waals surface area contributed by atoms with E-state index in [1.54, 1.807) is 0 Å². The van der Waals surface area contributed by atoms with Crippen LogP contribution in [-0.2, 0) is 9.53 Å². The molecule has 0 aliphatic rings. The summed E-state index contributed by atoms with van der Waals surface area (Å²) in [7, 11) is 2.67. The van der Waals surface area contributed by atoms with Gasteiger partial charge in [0.05, 0.1) is 20.8 Å². The number of hydrogen-bond acceptors (Lipinski definition) is 5. The van der Waals surface area contributed by atoms with Crippen LogP contribution in [0.25, 0.3) is 0 Å². The third-order valence-corrected chi connectivity index (χ3v) is 2.71. The number of esters is 1. The molecule has 0 aromatic heterocycles. The van der Waals surface area contributed by atoms with Gasteiger partial charge >= 0.3 is 11.9 Å².